The number of allylic oxidation sites excluding steroid dienone is 2. The second-order valence-electron chi connectivity index (χ2n) is 11.4. The van der Waals surface area contributed by atoms with Gasteiger partial charge in [0, 0.05) is 11.5 Å². The largest absolute Gasteiger partial charge is 0.505 e. The van der Waals surface area contributed by atoms with E-state index in [0.717, 1.165) is 6.07 Å². The molecule has 2 aliphatic carbocycles. The number of fused-ring (bicyclic) bond motifs is 4. The van der Waals surface area contributed by atoms with Gasteiger partial charge in [0.15, 0.2) is 21.3 Å². The zero-order valence-electron chi connectivity index (χ0n) is 22.7. The van der Waals surface area contributed by atoms with Gasteiger partial charge >= 0.3 is 12.4 Å². The second kappa shape index (κ2) is 10.4. The molecule has 244 valence electrons. The molecule has 1 N–H and O–H groups in total. The van der Waals surface area contributed by atoms with E-state index < -0.39 is 104 Å². The zero-order valence-corrected chi connectivity index (χ0v) is 25.8. The van der Waals surface area contributed by atoms with Crippen LogP contribution in [-0.2, 0) is 31.5 Å². The third-order valence-corrected chi connectivity index (χ3v) is 11.1. The van der Waals surface area contributed by atoms with E-state index in [0.29, 0.717) is 4.90 Å². The van der Waals surface area contributed by atoms with Gasteiger partial charge in [-0.2, -0.15) is 26.3 Å². The highest BCUT2D eigenvalue weighted by molar-refractivity contribution is 9.09. The van der Waals surface area contributed by atoms with Crippen molar-refractivity contribution in [1.82, 2.24) is 4.90 Å². The number of para-hydroxylation sites is 1. The first-order valence-electron chi connectivity index (χ1n) is 13.4. The van der Waals surface area contributed by atoms with Crippen molar-refractivity contribution in [3.8, 4) is 5.75 Å². The number of aromatic hydroxyl groups is 1. The number of carbonyl (C=O) groups is 4. The molecule has 6 rings (SSSR count). The van der Waals surface area contributed by atoms with Crippen molar-refractivity contribution in [2.24, 2.45) is 17.8 Å². The van der Waals surface area contributed by atoms with Gasteiger partial charge in [-0.15, -0.1) is 23.2 Å². The zero-order chi connectivity index (χ0) is 33.9. The molecule has 2 saturated heterocycles. The fourth-order valence-electron chi connectivity index (χ4n) is 7.19. The molecule has 2 aliphatic heterocycles. The molecular weight excluding hydrogens is 740 g/mol. The van der Waals surface area contributed by atoms with Gasteiger partial charge in [-0.1, -0.05) is 39.7 Å². The van der Waals surface area contributed by atoms with Gasteiger partial charge in [0.25, 0.3) is 11.8 Å². The van der Waals surface area contributed by atoms with Crippen LogP contribution in [0.5, 0.6) is 5.75 Å². The summed E-state index contributed by atoms with van der Waals surface area (Å²) in [6.45, 7) is 0. The number of likely N-dealkylation sites (tertiary alicyclic amines) is 1. The summed E-state index contributed by atoms with van der Waals surface area (Å²) < 4.78 is 96.4. The third kappa shape index (κ3) is 4.36. The Morgan fingerprint density at radius 3 is 2.09 bits per heavy atom. The summed E-state index contributed by atoms with van der Waals surface area (Å²) in [6, 6.07) is 3.69. The summed E-state index contributed by atoms with van der Waals surface area (Å²) >= 11 is 17.0. The fourth-order valence-corrected chi connectivity index (χ4v) is 8.60. The normalized spacial score (nSPS) is 31.2. The number of halogens is 10. The van der Waals surface area contributed by atoms with Gasteiger partial charge in [0.1, 0.15) is 0 Å². The van der Waals surface area contributed by atoms with Crippen molar-refractivity contribution in [2.75, 3.05) is 10.4 Å². The molecule has 0 unspecified atom stereocenters. The van der Waals surface area contributed by atoms with Crippen molar-refractivity contribution in [2.45, 2.75) is 40.9 Å². The molecule has 17 heteroatoms. The predicted molar refractivity (Wildman–Crippen MR) is 150 cm³/mol. The number of amides is 4. The molecule has 2 heterocycles. The van der Waals surface area contributed by atoms with Crippen molar-refractivity contribution >= 4 is 68.4 Å². The first-order chi connectivity index (χ1) is 21.3. The quantitative estimate of drug-likeness (QED) is 0.127. The first kappa shape index (κ1) is 32.8. The van der Waals surface area contributed by atoms with Crippen LogP contribution in [0.15, 0.2) is 48.0 Å². The lowest BCUT2D eigenvalue weighted by atomic mass is 9.56. The van der Waals surface area contributed by atoms with Crippen LogP contribution < -0.4 is 4.90 Å². The lowest BCUT2D eigenvalue weighted by Gasteiger charge is -2.50. The third-order valence-electron chi connectivity index (χ3n) is 9.17. The molecule has 4 amide bonds. The number of benzene rings is 2. The Kier molecular flexibility index (Phi) is 7.42. The molecule has 46 heavy (non-hydrogen) atoms. The number of phenolic OH excluding ortho intramolecular Hbond substituents is 1. The Bertz CT molecular complexity index is 1740. The standard InChI is InChI=1S/C29H18BrCl2F7N2O5/c30-10-40-24(45)26(31)9-17-14(20(27(26,32)25(40)46)16-2-1-3-18(33)21(16)42)4-5-15-19(17)23(44)41(22(15)43)13-7-11(28(34,35)36)6-12(8-13)29(37,38)39/h1-4,6-8,15,17,19-20,42H,5,9-10H2/t15-,17+,19-,20+,26+,27-/m0/s1. The van der Waals surface area contributed by atoms with Gasteiger partial charge in [-0.05, 0) is 43.0 Å². The van der Waals surface area contributed by atoms with Gasteiger partial charge in [0.2, 0.25) is 11.8 Å². The van der Waals surface area contributed by atoms with Crippen LogP contribution >= 0.6 is 39.1 Å². The van der Waals surface area contributed by atoms with Crippen LogP contribution in [0.25, 0.3) is 0 Å². The van der Waals surface area contributed by atoms with Crippen molar-refractivity contribution in [3.63, 3.8) is 0 Å². The number of imide groups is 2. The lowest BCUT2D eigenvalue weighted by Crippen LogP contribution is -2.60. The van der Waals surface area contributed by atoms with Crippen LogP contribution in [0.1, 0.15) is 35.4 Å². The number of nitrogens with zero attached hydrogens (tertiary/aromatic N) is 2. The highest BCUT2D eigenvalue weighted by atomic mass is 79.9. The Morgan fingerprint density at radius 1 is 0.913 bits per heavy atom. The van der Waals surface area contributed by atoms with E-state index in [1.54, 1.807) is 0 Å². The van der Waals surface area contributed by atoms with Gasteiger partial charge in [0.05, 0.1) is 34.1 Å². The van der Waals surface area contributed by atoms with E-state index in [1.807, 2.05) is 0 Å². The van der Waals surface area contributed by atoms with Crippen LogP contribution in [-0.4, -0.2) is 48.8 Å². The van der Waals surface area contributed by atoms with E-state index in [2.05, 4.69) is 15.9 Å². The Morgan fingerprint density at radius 2 is 1.52 bits per heavy atom. The molecule has 2 aromatic carbocycles. The minimum absolute atomic E-state index is 0.119. The van der Waals surface area contributed by atoms with E-state index in [9.17, 15) is 55.0 Å². The highest BCUT2D eigenvalue weighted by Gasteiger charge is 2.76. The van der Waals surface area contributed by atoms with Crippen molar-refractivity contribution in [3.05, 3.63) is 70.6 Å². The Labute approximate surface area is 273 Å². The number of rotatable bonds is 3. The van der Waals surface area contributed by atoms with E-state index in [1.165, 1.54) is 18.2 Å². The number of hydrogen-bond donors (Lipinski definition) is 1. The smallest absolute Gasteiger partial charge is 0.416 e. The molecular formula is C29H18BrCl2F7N2O5. The summed E-state index contributed by atoms with van der Waals surface area (Å²) in [5.41, 5.74) is -4.98. The molecule has 4 aliphatic rings. The summed E-state index contributed by atoms with van der Waals surface area (Å²) in [5.74, 6) is -11.9. The minimum Gasteiger partial charge on any atom is -0.505 e. The monoisotopic (exact) mass is 756 g/mol. The van der Waals surface area contributed by atoms with Crippen LogP contribution in [0.3, 0.4) is 0 Å². The molecule has 1 saturated carbocycles. The molecule has 0 spiro atoms. The summed E-state index contributed by atoms with van der Waals surface area (Å²) in [4.78, 5) is 51.2. The maximum absolute atomic E-state index is 14.7. The number of anilines is 1. The predicted octanol–water partition coefficient (Wildman–Crippen LogP) is 6.48. The van der Waals surface area contributed by atoms with E-state index in [4.69, 9.17) is 23.2 Å². The van der Waals surface area contributed by atoms with E-state index in [-0.39, 0.29) is 46.1 Å². The minimum atomic E-state index is -5.27. The Hall–Kier alpha value is -3.17. The number of carbonyl (C=O) groups excluding carboxylic acids is 4. The first-order valence-corrected chi connectivity index (χ1v) is 15.3. The van der Waals surface area contributed by atoms with Crippen LogP contribution in [0, 0.1) is 23.6 Å². The summed E-state index contributed by atoms with van der Waals surface area (Å²) in [6.07, 6.45) is -9.98. The Balaban J connectivity index is 1.52. The fraction of sp³-hybridized carbons (Fsp3) is 0.379. The van der Waals surface area contributed by atoms with Gasteiger partial charge in [-0.3, -0.25) is 24.1 Å². The molecule has 0 bridgehead atoms. The SMILES string of the molecule is O=C1[C@H]2[C@H](CC=C3[C@H]2C[C@@]2(Cl)C(=O)N(CBr)C(=O)[C@@]2(Cl)[C@H]3c2cccc(F)c2O)C(=O)N1c1cc(C(F)(F)F)cc(C(F)(F)F)c1. The second-order valence-corrected chi connectivity index (χ2v) is 13.2. The molecule has 7 nitrogen and oxygen atoms in total. The van der Waals surface area contributed by atoms with Crippen LogP contribution in [0.2, 0.25) is 0 Å². The molecule has 0 aromatic heterocycles. The van der Waals surface area contributed by atoms with Gasteiger partial charge < -0.3 is 5.11 Å². The number of alkyl halides is 9. The van der Waals surface area contributed by atoms with Crippen molar-refractivity contribution in [1.29, 1.82) is 0 Å². The molecule has 3 fully saturated rings. The molecule has 2 aromatic rings. The summed E-state index contributed by atoms with van der Waals surface area (Å²) in [5, 5.41) is 10.8. The van der Waals surface area contributed by atoms with E-state index >= 15 is 0 Å². The lowest BCUT2D eigenvalue weighted by molar-refractivity contribution is -0.143. The molecule has 6 atom stereocenters. The number of phenols is 1. The van der Waals surface area contributed by atoms with Crippen LogP contribution in [0.4, 0.5) is 36.4 Å². The average molecular weight is 758 g/mol. The maximum atomic E-state index is 14.7. The number of hydrogen-bond acceptors (Lipinski definition) is 5. The topological polar surface area (TPSA) is 95.0 Å². The molecule has 0 radical (unpaired) electrons. The van der Waals surface area contributed by atoms with Gasteiger partial charge in [-0.25, -0.2) is 9.29 Å². The van der Waals surface area contributed by atoms with Crippen molar-refractivity contribution < 1.29 is 55.0 Å². The average Bonchev–Trinajstić information content (AvgIpc) is 3.31. The summed E-state index contributed by atoms with van der Waals surface area (Å²) in [7, 11) is 0. The highest BCUT2D eigenvalue weighted by Crippen LogP contribution is 2.66. The maximum Gasteiger partial charge on any atom is 0.416 e.